The maximum atomic E-state index is 3.82. The van der Waals surface area contributed by atoms with E-state index in [0.29, 0.717) is 0 Å². The zero-order valence-corrected chi connectivity index (χ0v) is 13.0. The average molecular weight is 286 g/mol. The minimum Gasteiger partial charge on any atom is -0.103 e. The lowest BCUT2D eigenvalue weighted by molar-refractivity contribution is 1.01. The van der Waals surface area contributed by atoms with Crippen molar-refractivity contribution in [1.82, 2.24) is 0 Å². The van der Waals surface area contributed by atoms with E-state index < -0.39 is 0 Å². The van der Waals surface area contributed by atoms with E-state index in [9.17, 15) is 0 Å². The van der Waals surface area contributed by atoms with Gasteiger partial charge in [0.05, 0.1) is 0 Å². The minimum absolute atomic E-state index is 1.03. The summed E-state index contributed by atoms with van der Waals surface area (Å²) < 4.78 is 0. The van der Waals surface area contributed by atoms with E-state index in [4.69, 9.17) is 0 Å². The van der Waals surface area contributed by atoms with E-state index in [0.717, 1.165) is 25.7 Å². The fraction of sp³-hybridized carbons (Fsp3) is 0.182. The van der Waals surface area contributed by atoms with Gasteiger partial charge in [-0.15, -0.1) is 6.58 Å². The van der Waals surface area contributed by atoms with Gasteiger partial charge >= 0.3 is 0 Å². The van der Waals surface area contributed by atoms with Crippen molar-refractivity contribution in [3.63, 3.8) is 0 Å². The molecule has 0 saturated carbocycles. The molecule has 110 valence electrons. The van der Waals surface area contributed by atoms with E-state index in [1.165, 1.54) is 27.9 Å². The molecule has 1 aromatic carbocycles. The topological polar surface area (TPSA) is 0 Å². The molecule has 1 aromatic rings. The Morgan fingerprint density at radius 2 is 1.91 bits per heavy atom. The van der Waals surface area contributed by atoms with Crippen LogP contribution in [0.1, 0.15) is 31.2 Å². The van der Waals surface area contributed by atoms with Crippen molar-refractivity contribution in [2.45, 2.75) is 25.7 Å². The Balaban J connectivity index is 2.03. The molecule has 0 nitrogen and oxygen atoms in total. The lowest BCUT2D eigenvalue weighted by atomic mass is 9.90. The summed E-state index contributed by atoms with van der Waals surface area (Å²) in [5, 5.41) is 0. The van der Waals surface area contributed by atoms with Crippen LogP contribution in [0.5, 0.6) is 0 Å². The van der Waals surface area contributed by atoms with Gasteiger partial charge in [0.2, 0.25) is 0 Å². The van der Waals surface area contributed by atoms with Crippen molar-refractivity contribution in [3.05, 3.63) is 102 Å². The first kappa shape index (κ1) is 14.6. The Hall–Kier alpha value is -2.34. The molecule has 0 unspecified atom stereocenters. The van der Waals surface area contributed by atoms with E-state index in [1.54, 1.807) is 0 Å². The van der Waals surface area contributed by atoms with Crippen molar-refractivity contribution in [3.8, 4) is 0 Å². The van der Waals surface area contributed by atoms with Gasteiger partial charge in [0.15, 0.2) is 0 Å². The Kier molecular flexibility index (Phi) is 4.70. The van der Waals surface area contributed by atoms with Gasteiger partial charge in [-0.05, 0) is 53.5 Å². The lowest BCUT2D eigenvalue weighted by Gasteiger charge is -2.14. The van der Waals surface area contributed by atoms with Crippen LogP contribution in [0.15, 0.2) is 96.2 Å². The van der Waals surface area contributed by atoms with Gasteiger partial charge in [-0.2, -0.15) is 0 Å². The minimum atomic E-state index is 1.03. The summed E-state index contributed by atoms with van der Waals surface area (Å²) >= 11 is 0. The summed E-state index contributed by atoms with van der Waals surface area (Å²) in [6.07, 6.45) is 20.1. The van der Waals surface area contributed by atoms with Crippen LogP contribution >= 0.6 is 0 Å². The predicted molar refractivity (Wildman–Crippen MR) is 96.5 cm³/mol. The first-order valence-electron chi connectivity index (χ1n) is 8.05. The van der Waals surface area contributed by atoms with Crippen molar-refractivity contribution >= 4 is 5.57 Å². The van der Waals surface area contributed by atoms with Crippen molar-refractivity contribution in [2.75, 3.05) is 0 Å². The average Bonchev–Trinajstić information content (AvgIpc) is 3.04. The molecule has 0 N–H and O–H groups in total. The number of hydrogen-bond donors (Lipinski definition) is 0. The third-order valence-corrected chi connectivity index (χ3v) is 4.09. The standard InChI is InChI=1S/C22H22/c1-2-3-10-18-15-16-21(17-18)22(19-11-6-4-7-12-19)20-13-8-5-9-14-20/h2,4,6-8,11-17H,1,3,5,9-10H2/b22-21-. The second-order valence-electron chi connectivity index (χ2n) is 5.72. The molecule has 0 heteroatoms. The molecule has 2 aliphatic carbocycles. The van der Waals surface area contributed by atoms with E-state index >= 15 is 0 Å². The summed E-state index contributed by atoms with van der Waals surface area (Å²) in [5.41, 5.74) is 6.70. The van der Waals surface area contributed by atoms with Gasteiger partial charge in [0, 0.05) is 0 Å². The Morgan fingerprint density at radius 1 is 1.05 bits per heavy atom. The molecule has 0 saturated heterocycles. The van der Waals surface area contributed by atoms with Crippen LogP contribution in [0.2, 0.25) is 0 Å². The molecule has 0 fully saturated rings. The van der Waals surface area contributed by atoms with Crippen LogP contribution < -0.4 is 0 Å². The summed E-state index contributed by atoms with van der Waals surface area (Å²) in [5.74, 6) is 0. The highest BCUT2D eigenvalue weighted by Crippen LogP contribution is 2.34. The molecule has 0 atom stereocenters. The van der Waals surface area contributed by atoms with Gasteiger partial charge in [-0.25, -0.2) is 0 Å². The summed E-state index contributed by atoms with van der Waals surface area (Å²) in [4.78, 5) is 0. The zero-order valence-electron chi connectivity index (χ0n) is 13.0. The lowest BCUT2D eigenvalue weighted by Crippen LogP contribution is -1.94. The maximum Gasteiger partial charge on any atom is -0.00421 e. The predicted octanol–water partition coefficient (Wildman–Crippen LogP) is 6.18. The third kappa shape index (κ3) is 3.28. The highest BCUT2D eigenvalue weighted by Gasteiger charge is 2.13. The smallest absolute Gasteiger partial charge is 0.00421 e. The molecule has 0 aliphatic heterocycles. The molecule has 2 aliphatic rings. The van der Waals surface area contributed by atoms with Crippen molar-refractivity contribution in [2.24, 2.45) is 0 Å². The number of hydrogen-bond acceptors (Lipinski definition) is 0. The number of allylic oxidation sites excluding steroid dienone is 11. The monoisotopic (exact) mass is 286 g/mol. The van der Waals surface area contributed by atoms with Crippen molar-refractivity contribution < 1.29 is 0 Å². The molecule has 22 heavy (non-hydrogen) atoms. The summed E-state index contributed by atoms with van der Waals surface area (Å²) in [7, 11) is 0. The van der Waals surface area contributed by atoms with Crippen LogP contribution in [0.25, 0.3) is 5.57 Å². The highest BCUT2D eigenvalue weighted by molar-refractivity contribution is 5.88. The van der Waals surface area contributed by atoms with Gasteiger partial charge < -0.3 is 0 Å². The van der Waals surface area contributed by atoms with Crippen molar-refractivity contribution in [1.29, 1.82) is 0 Å². The maximum absolute atomic E-state index is 3.82. The fourth-order valence-corrected chi connectivity index (χ4v) is 2.98. The number of benzene rings is 1. The first-order valence-corrected chi connectivity index (χ1v) is 8.05. The van der Waals surface area contributed by atoms with Crippen LogP contribution in [0.4, 0.5) is 0 Å². The molecule has 0 spiro atoms. The zero-order chi connectivity index (χ0) is 15.2. The molecular formula is C22H22. The molecule has 0 aromatic heterocycles. The van der Waals surface area contributed by atoms with Gasteiger partial charge in [-0.3, -0.25) is 0 Å². The van der Waals surface area contributed by atoms with Gasteiger partial charge in [0.25, 0.3) is 0 Å². The van der Waals surface area contributed by atoms with Gasteiger partial charge in [-0.1, -0.05) is 72.9 Å². The van der Waals surface area contributed by atoms with Crippen LogP contribution in [0.3, 0.4) is 0 Å². The summed E-state index contributed by atoms with van der Waals surface area (Å²) in [6.45, 7) is 3.82. The molecule has 3 rings (SSSR count). The van der Waals surface area contributed by atoms with E-state index in [-0.39, 0.29) is 0 Å². The third-order valence-electron chi connectivity index (χ3n) is 4.09. The molecule has 0 amide bonds. The second kappa shape index (κ2) is 7.09. The summed E-state index contributed by atoms with van der Waals surface area (Å²) in [6, 6.07) is 10.7. The highest BCUT2D eigenvalue weighted by atomic mass is 14.2. The Morgan fingerprint density at radius 3 is 2.64 bits per heavy atom. The first-order chi connectivity index (χ1) is 10.9. The van der Waals surface area contributed by atoms with Crippen LogP contribution in [-0.2, 0) is 0 Å². The molecule has 0 bridgehead atoms. The molecule has 0 radical (unpaired) electrons. The quantitative estimate of drug-likeness (QED) is 0.567. The van der Waals surface area contributed by atoms with Crippen LogP contribution in [-0.4, -0.2) is 0 Å². The second-order valence-corrected chi connectivity index (χ2v) is 5.72. The SMILES string of the molecule is C=CCCC1=C/C(=C(\C2=CCCC=C2)c2ccccc2)C=C1. The van der Waals surface area contributed by atoms with E-state index in [1.807, 2.05) is 6.08 Å². The largest absolute Gasteiger partial charge is 0.103 e. The van der Waals surface area contributed by atoms with E-state index in [2.05, 4.69) is 73.4 Å². The Bertz CT molecular complexity index is 691. The number of rotatable bonds is 5. The van der Waals surface area contributed by atoms with Crippen LogP contribution in [0, 0.1) is 0 Å². The van der Waals surface area contributed by atoms with Gasteiger partial charge in [0.1, 0.15) is 0 Å². The molecular weight excluding hydrogens is 264 g/mol. The Labute approximate surface area is 133 Å². The normalized spacial score (nSPS) is 18.9. The fourth-order valence-electron chi connectivity index (χ4n) is 2.98. The molecule has 0 heterocycles.